The number of rotatable bonds is 0. The molecule has 12 heavy (non-hydrogen) atoms. The Morgan fingerprint density at radius 3 is 2.67 bits per heavy atom. The highest BCUT2D eigenvalue weighted by Crippen LogP contribution is 2.34. The summed E-state index contributed by atoms with van der Waals surface area (Å²) in [5.41, 5.74) is 0. The maximum atomic E-state index is 11.8. The van der Waals surface area contributed by atoms with Gasteiger partial charge < -0.3 is 0 Å². The smallest absolute Gasteiger partial charge is 0.172 e. The second kappa shape index (κ2) is 2.10. The molecule has 2 heterocycles. The van der Waals surface area contributed by atoms with Gasteiger partial charge in [0.25, 0.3) is 0 Å². The molecule has 64 valence electrons. The van der Waals surface area contributed by atoms with E-state index in [9.17, 15) is 8.42 Å². The Balaban J connectivity index is 2.70. The van der Waals surface area contributed by atoms with Gasteiger partial charge in [-0.15, -0.1) is 0 Å². The molecule has 2 rings (SSSR count). The average molecular weight is 182 g/mol. The van der Waals surface area contributed by atoms with Crippen molar-refractivity contribution >= 4 is 9.84 Å². The zero-order chi connectivity index (χ0) is 8.82. The lowest BCUT2D eigenvalue weighted by atomic mass is 10.1. The Kier molecular flexibility index (Phi) is 1.37. The van der Waals surface area contributed by atoms with Crippen LogP contribution in [0.2, 0.25) is 0 Å². The van der Waals surface area contributed by atoms with E-state index >= 15 is 0 Å². The van der Waals surface area contributed by atoms with Crippen molar-refractivity contribution in [2.75, 3.05) is 0 Å². The molecular formula is C9H10O2S. The molecule has 0 fully saturated rings. The van der Waals surface area contributed by atoms with E-state index in [-0.39, 0.29) is 0 Å². The van der Waals surface area contributed by atoms with Crippen LogP contribution in [-0.4, -0.2) is 18.4 Å². The number of allylic oxidation sites excluding steroid dienone is 2. The van der Waals surface area contributed by atoms with Crippen LogP contribution in [0.5, 0.6) is 0 Å². The molecule has 0 amide bonds. The summed E-state index contributed by atoms with van der Waals surface area (Å²) in [6, 6.07) is 0. The van der Waals surface area contributed by atoms with Crippen molar-refractivity contribution < 1.29 is 8.42 Å². The molecule has 0 spiro atoms. The summed E-state index contributed by atoms with van der Waals surface area (Å²) in [5.74, 6) is 0. The molecule has 0 aromatic rings. The number of hydrogen-bond donors (Lipinski definition) is 0. The van der Waals surface area contributed by atoms with Crippen LogP contribution < -0.4 is 0 Å². The molecule has 0 aromatic carbocycles. The molecule has 2 atom stereocenters. The van der Waals surface area contributed by atoms with Gasteiger partial charge in [0.05, 0.1) is 5.25 Å². The molecule has 2 unspecified atom stereocenters. The van der Waals surface area contributed by atoms with Gasteiger partial charge in [0.2, 0.25) is 0 Å². The van der Waals surface area contributed by atoms with Crippen molar-refractivity contribution in [1.29, 1.82) is 0 Å². The molecule has 2 bridgehead atoms. The van der Waals surface area contributed by atoms with Gasteiger partial charge in [-0.1, -0.05) is 36.5 Å². The van der Waals surface area contributed by atoms with Crippen LogP contribution in [-0.2, 0) is 9.84 Å². The van der Waals surface area contributed by atoms with Crippen LogP contribution in [0.15, 0.2) is 36.5 Å². The summed E-state index contributed by atoms with van der Waals surface area (Å²) in [7, 11) is -3.05. The van der Waals surface area contributed by atoms with Gasteiger partial charge in [-0.05, 0) is 6.92 Å². The van der Waals surface area contributed by atoms with Crippen molar-refractivity contribution in [1.82, 2.24) is 0 Å². The first kappa shape index (κ1) is 7.80. The highest BCUT2D eigenvalue weighted by Gasteiger charge is 2.43. The van der Waals surface area contributed by atoms with Gasteiger partial charge in [-0.25, -0.2) is 8.42 Å². The summed E-state index contributed by atoms with van der Waals surface area (Å²) >= 11 is 0. The fourth-order valence-corrected chi connectivity index (χ4v) is 3.22. The quantitative estimate of drug-likeness (QED) is 0.528. The summed E-state index contributed by atoms with van der Waals surface area (Å²) < 4.78 is 22.7. The van der Waals surface area contributed by atoms with E-state index in [0.29, 0.717) is 0 Å². The van der Waals surface area contributed by atoms with Crippen LogP contribution in [0, 0.1) is 0 Å². The van der Waals surface area contributed by atoms with Crippen LogP contribution in [0.3, 0.4) is 0 Å². The molecule has 0 radical (unpaired) electrons. The average Bonchev–Trinajstić information content (AvgIpc) is 2.09. The summed E-state index contributed by atoms with van der Waals surface area (Å²) in [6.45, 7) is 1.72. The van der Waals surface area contributed by atoms with Gasteiger partial charge in [-0.2, -0.15) is 0 Å². The highest BCUT2D eigenvalue weighted by molar-refractivity contribution is 7.94. The van der Waals surface area contributed by atoms with Gasteiger partial charge in [0.1, 0.15) is 4.75 Å². The third-order valence-electron chi connectivity index (χ3n) is 2.43. The largest absolute Gasteiger partial charge is 0.227 e. The molecule has 3 heteroatoms. The predicted molar refractivity (Wildman–Crippen MR) is 48.5 cm³/mol. The minimum absolute atomic E-state index is 0.419. The van der Waals surface area contributed by atoms with E-state index in [1.54, 1.807) is 43.4 Å². The Bertz CT molecular complexity index is 387. The van der Waals surface area contributed by atoms with E-state index in [0.717, 1.165) is 0 Å². The number of fused-ring (bicyclic) bond motifs is 2. The molecule has 0 N–H and O–H groups in total. The lowest BCUT2D eigenvalue weighted by Crippen LogP contribution is -2.31. The molecule has 0 aromatic heterocycles. The first-order valence-corrected chi connectivity index (χ1v) is 5.40. The molecular weight excluding hydrogens is 172 g/mol. The third-order valence-corrected chi connectivity index (χ3v) is 4.96. The molecule has 0 saturated heterocycles. The first-order valence-electron chi connectivity index (χ1n) is 3.85. The molecule has 2 nitrogen and oxygen atoms in total. The zero-order valence-corrected chi connectivity index (χ0v) is 7.58. The summed E-state index contributed by atoms with van der Waals surface area (Å²) in [4.78, 5) is 0. The lowest BCUT2D eigenvalue weighted by molar-refractivity contribution is 0.583. The van der Waals surface area contributed by atoms with Crippen LogP contribution in [0.4, 0.5) is 0 Å². The van der Waals surface area contributed by atoms with Crippen molar-refractivity contribution in [3.05, 3.63) is 36.5 Å². The number of hydrogen-bond acceptors (Lipinski definition) is 2. The fraction of sp³-hybridized carbons (Fsp3) is 0.333. The Morgan fingerprint density at radius 1 is 1.17 bits per heavy atom. The van der Waals surface area contributed by atoms with Gasteiger partial charge in [0.15, 0.2) is 9.84 Å². The molecule has 0 aliphatic carbocycles. The second-order valence-corrected chi connectivity index (χ2v) is 5.81. The molecule has 0 saturated carbocycles. The SMILES string of the molecule is CC12C=CC=CC(C=C1)S2(=O)=O. The maximum Gasteiger partial charge on any atom is 0.172 e. The minimum atomic E-state index is -3.05. The minimum Gasteiger partial charge on any atom is -0.227 e. The van der Waals surface area contributed by atoms with Gasteiger partial charge in [-0.3, -0.25) is 0 Å². The van der Waals surface area contributed by atoms with E-state index in [1.165, 1.54) is 0 Å². The van der Waals surface area contributed by atoms with E-state index < -0.39 is 19.8 Å². The monoisotopic (exact) mass is 182 g/mol. The Labute approximate surface area is 72.2 Å². The zero-order valence-electron chi connectivity index (χ0n) is 6.77. The van der Waals surface area contributed by atoms with E-state index in [2.05, 4.69) is 0 Å². The topological polar surface area (TPSA) is 34.1 Å². The van der Waals surface area contributed by atoms with Crippen LogP contribution in [0.1, 0.15) is 6.92 Å². The lowest BCUT2D eigenvalue weighted by Gasteiger charge is -2.17. The van der Waals surface area contributed by atoms with Crippen molar-refractivity contribution in [2.24, 2.45) is 0 Å². The van der Waals surface area contributed by atoms with Gasteiger partial charge in [0, 0.05) is 0 Å². The normalized spacial score (nSPS) is 41.6. The third kappa shape index (κ3) is 0.771. The Morgan fingerprint density at radius 2 is 1.92 bits per heavy atom. The molecule has 2 aliphatic heterocycles. The van der Waals surface area contributed by atoms with Crippen molar-refractivity contribution in [3.8, 4) is 0 Å². The highest BCUT2D eigenvalue weighted by atomic mass is 32.2. The standard InChI is InChI=1S/C9H10O2S/c1-9-6-3-2-4-8(5-7-9)12(9,10)11/h2-8H,1H3. The number of sulfone groups is 1. The van der Waals surface area contributed by atoms with Crippen molar-refractivity contribution in [3.63, 3.8) is 0 Å². The summed E-state index contributed by atoms with van der Waals surface area (Å²) in [6.07, 6.45) is 10.5. The summed E-state index contributed by atoms with van der Waals surface area (Å²) in [5, 5.41) is -0.419. The van der Waals surface area contributed by atoms with E-state index in [4.69, 9.17) is 0 Å². The van der Waals surface area contributed by atoms with Crippen LogP contribution in [0.25, 0.3) is 0 Å². The first-order chi connectivity index (χ1) is 5.56. The van der Waals surface area contributed by atoms with Gasteiger partial charge >= 0.3 is 0 Å². The van der Waals surface area contributed by atoms with Crippen molar-refractivity contribution in [2.45, 2.75) is 16.9 Å². The fourth-order valence-electron chi connectivity index (χ4n) is 1.52. The molecule has 2 aliphatic rings. The van der Waals surface area contributed by atoms with E-state index in [1.807, 2.05) is 0 Å². The van der Waals surface area contributed by atoms with Crippen LogP contribution >= 0.6 is 0 Å². The second-order valence-electron chi connectivity index (χ2n) is 3.30. The maximum absolute atomic E-state index is 11.8. The predicted octanol–water partition coefficient (Wildman–Crippen LogP) is 1.22. The Hall–Kier alpha value is -0.830.